The van der Waals surface area contributed by atoms with Gasteiger partial charge in [-0.3, -0.25) is 4.79 Å². The number of rotatable bonds is 4. The molecule has 2 rings (SSSR count). The zero-order chi connectivity index (χ0) is 14.7. The molecule has 106 valence electrons. The minimum Gasteiger partial charge on any atom is -0.383 e. The van der Waals surface area contributed by atoms with E-state index in [2.05, 4.69) is 9.97 Å². The SMILES string of the molecule is CC(SCc1nc(N)c2ccccc2n1)C(=O)N(C)C. The molecule has 2 aromatic rings. The van der Waals surface area contributed by atoms with Gasteiger partial charge in [-0.2, -0.15) is 0 Å². The number of nitrogens with zero attached hydrogens (tertiary/aromatic N) is 3. The molecule has 1 unspecified atom stereocenters. The summed E-state index contributed by atoms with van der Waals surface area (Å²) in [7, 11) is 3.51. The molecule has 0 aliphatic rings. The molecule has 20 heavy (non-hydrogen) atoms. The second-order valence-electron chi connectivity index (χ2n) is 4.73. The van der Waals surface area contributed by atoms with E-state index in [1.165, 1.54) is 11.8 Å². The van der Waals surface area contributed by atoms with Crippen LogP contribution in [-0.2, 0) is 10.5 Å². The Balaban J connectivity index is 2.13. The van der Waals surface area contributed by atoms with Crippen molar-refractivity contribution in [2.24, 2.45) is 0 Å². The van der Waals surface area contributed by atoms with Gasteiger partial charge in [-0.1, -0.05) is 12.1 Å². The molecule has 0 aliphatic heterocycles. The van der Waals surface area contributed by atoms with Gasteiger partial charge in [-0.15, -0.1) is 11.8 Å². The summed E-state index contributed by atoms with van der Waals surface area (Å²) in [5.41, 5.74) is 6.77. The van der Waals surface area contributed by atoms with Gasteiger partial charge in [0.2, 0.25) is 5.91 Å². The molecule has 0 saturated heterocycles. The summed E-state index contributed by atoms with van der Waals surface area (Å²) in [6.07, 6.45) is 0. The van der Waals surface area contributed by atoms with Crippen molar-refractivity contribution in [2.45, 2.75) is 17.9 Å². The average Bonchev–Trinajstić information content (AvgIpc) is 2.44. The molecule has 1 amide bonds. The largest absolute Gasteiger partial charge is 0.383 e. The molecule has 5 nitrogen and oxygen atoms in total. The van der Waals surface area contributed by atoms with Crippen LogP contribution in [0.4, 0.5) is 5.82 Å². The van der Waals surface area contributed by atoms with Crippen molar-refractivity contribution in [1.29, 1.82) is 0 Å². The zero-order valence-electron chi connectivity index (χ0n) is 11.8. The van der Waals surface area contributed by atoms with E-state index in [0.29, 0.717) is 17.4 Å². The van der Waals surface area contributed by atoms with Crippen molar-refractivity contribution in [3.63, 3.8) is 0 Å². The zero-order valence-corrected chi connectivity index (χ0v) is 12.6. The lowest BCUT2D eigenvalue weighted by atomic mass is 10.2. The average molecular weight is 290 g/mol. The van der Waals surface area contributed by atoms with Gasteiger partial charge < -0.3 is 10.6 Å². The van der Waals surface area contributed by atoms with Crippen LogP contribution in [0.15, 0.2) is 24.3 Å². The van der Waals surface area contributed by atoms with E-state index in [1.807, 2.05) is 31.2 Å². The Morgan fingerprint density at radius 1 is 1.35 bits per heavy atom. The second-order valence-corrected chi connectivity index (χ2v) is 6.06. The first-order valence-corrected chi connectivity index (χ1v) is 7.38. The highest BCUT2D eigenvalue weighted by molar-refractivity contribution is 7.99. The van der Waals surface area contributed by atoms with Gasteiger partial charge in [0.05, 0.1) is 16.5 Å². The number of carbonyl (C=O) groups excluding carboxylic acids is 1. The van der Waals surface area contributed by atoms with Crippen molar-refractivity contribution in [2.75, 3.05) is 19.8 Å². The van der Waals surface area contributed by atoms with Gasteiger partial charge in [0.15, 0.2) is 0 Å². The first-order valence-electron chi connectivity index (χ1n) is 6.33. The molecule has 1 aromatic heterocycles. The van der Waals surface area contributed by atoms with E-state index >= 15 is 0 Å². The van der Waals surface area contributed by atoms with Gasteiger partial charge >= 0.3 is 0 Å². The predicted molar refractivity (Wildman–Crippen MR) is 83.4 cm³/mol. The standard InChI is InChI=1S/C14H18N4OS/c1-9(14(19)18(2)3)20-8-12-16-11-7-5-4-6-10(11)13(15)17-12/h4-7,9H,8H2,1-3H3,(H2,15,16,17). The van der Waals surface area contributed by atoms with Gasteiger partial charge in [0.1, 0.15) is 11.6 Å². The maximum Gasteiger partial charge on any atom is 0.234 e. The van der Waals surface area contributed by atoms with Crippen LogP contribution >= 0.6 is 11.8 Å². The van der Waals surface area contributed by atoms with Gasteiger partial charge in [0, 0.05) is 19.5 Å². The van der Waals surface area contributed by atoms with Crippen LogP contribution in [0.2, 0.25) is 0 Å². The first kappa shape index (κ1) is 14.6. The molecular formula is C14H18N4OS. The summed E-state index contributed by atoms with van der Waals surface area (Å²) in [5, 5.41) is 0.736. The van der Waals surface area contributed by atoms with Crippen LogP contribution in [0.25, 0.3) is 10.9 Å². The van der Waals surface area contributed by atoms with Crippen LogP contribution in [0.5, 0.6) is 0 Å². The number of benzene rings is 1. The molecule has 0 spiro atoms. The number of para-hydroxylation sites is 1. The second kappa shape index (κ2) is 6.09. The summed E-state index contributed by atoms with van der Waals surface area (Å²) < 4.78 is 0. The van der Waals surface area contributed by atoms with E-state index in [-0.39, 0.29) is 11.2 Å². The molecular weight excluding hydrogens is 272 g/mol. The number of nitrogen functional groups attached to an aromatic ring is 1. The third kappa shape index (κ3) is 3.19. The van der Waals surface area contributed by atoms with Gasteiger partial charge in [-0.25, -0.2) is 9.97 Å². The van der Waals surface area contributed by atoms with E-state index in [4.69, 9.17) is 5.73 Å². The van der Waals surface area contributed by atoms with Crippen LogP contribution in [0, 0.1) is 0 Å². The normalized spacial score (nSPS) is 12.3. The fourth-order valence-electron chi connectivity index (χ4n) is 1.85. The number of hydrogen-bond acceptors (Lipinski definition) is 5. The van der Waals surface area contributed by atoms with Crippen LogP contribution < -0.4 is 5.73 Å². The molecule has 1 heterocycles. The fourth-order valence-corrected chi connectivity index (χ4v) is 2.73. The highest BCUT2D eigenvalue weighted by atomic mass is 32.2. The quantitative estimate of drug-likeness (QED) is 0.931. The molecule has 1 atom stereocenters. The van der Waals surface area contributed by atoms with Crippen LogP contribution in [0.3, 0.4) is 0 Å². The highest BCUT2D eigenvalue weighted by Crippen LogP contribution is 2.21. The number of aromatic nitrogens is 2. The highest BCUT2D eigenvalue weighted by Gasteiger charge is 2.16. The lowest BCUT2D eigenvalue weighted by molar-refractivity contribution is -0.127. The third-order valence-electron chi connectivity index (χ3n) is 2.93. The Morgan fingerprint density at radius 2 is 2.05 bits per heavy atom. The Morgan fingerprint density at radius 3 is 2.75 bits per heavy atom. The summed E-state index contributed by atoms with van der Waals surface area (Å²) in [6, 6.07) is 7.65. The Hall–Kier alpha value is -1.82. The number of hydrogen-bond donors (Lipinski definition) is 1. The summed E-state index contributed by atoms with van der Waals surface area (Å²) in [6.45, 7) is 1.89. The van der Waals surface area contributed by atoms with Crippen molar-refractivity contribution in [3.05, 3.63) is 30.1 Å². The fraction of sp³-hybridized carbons (Fsp3) is 0.357. The molecule has 0 fully saturated rings. The molecule has 0 radical (unpaired) electrons. The summed E-state index contributed by atoms with van der Waals surface area (Å²) in [5.74, 6) is 1.79. The third-order valence-corrected chi connectivity index (χ3v) is 4.06. The predicted octanol–water partition coefficient (Wildman–Crippen LogP) is 1.92. The molecule has 0 saturated carbocycles. The van der Waals surface area contributed by atoms with E-state index in [0.717, 1.165) is 10.9 Å². The van der Waals surface area contributed by atoms with Crippen molar-refractivity contribution >= 4 is 34.4 Å². The van der Waals surface area contributed by atoms with Crippen molar-refractivity contribution in [1.82, 2.24) is 14.9 Å². The summed E-state index contributed by atoms with van der Waals surface area (Å²) in [4.78, 5) is 22.1. The number of fused-ring (bicyclic) bond motifs is 1. The topological polar surface area (TPSA) is 72.1 Å². The molecule has 1 aromatic carbocycles. The maximum absolute atomic E-state index is 11.8. The van der Waals surface area contributed by atoms with Crippen LogP contribution in [0.1, 0.15) is 12.7 Å². The van der Waals surface area contributed by atoms with Crippen LogP contribution in [-0.4, -0.2) is 40.1 Å². The van der Waals surface area contributed by atoms with E-state index in [1.54, 1.807) is 19.0 Å². The Labute approximate surface area is 122 Å². The number of anilines is 1. The lowest BCUT2D eigenvalue weighted by Gasteiger charge is -2.16. The van der Waals surface area contributed by atoms with Crippen molar-refractivity contribution < 1.29 is 4.79 Å². The van der Waals surface area contributed by atoms with Gasteiger partial charge in [-0.05, 0) is 19.1 Å². The number of amides is 1. The van der Waals surface area contributed by atoms with Crippen molar-refractivity contribution in [3.8, 4) is 0 Å². The van der Waals surface area contributed by atoms with E-state index in [9.17, 15) is 4.79 Å². The molecule has 0 bridgehead atoms. The summed E-state index contributed by atoms with van der Waals surface area (Å²) >= 11 is 1.51. The number of nitrogens with two attached hydrogens (primary N) is 1. The molecule has 2 N–H and O–H groups in total. The Bertz CT molecular complexity index is 630. The molecule has 0 aliphatic carbocycles. The van der Waals surface area contributed by atoms with E-state index < -0.39 is 0 Å². The number of thioether (sulfide) groups is 1. The Kier molecular flexibility index (Phi) is 4.44. The monoisotopic (exact) mass is 290 g/mol. The van der Waals surface area contributed by atoms with Gasteiger partial charge in [0.25, 0.3) is 0 Å². The first-order chi connectivity index (χ1) is 9.49. The number of carbonyl (C=O) groups is 1. The lowest BCUT2D eigenvalue weighted by Crippen LogP contribution is -2.29. The minimum atomic E-state index is -0.124. The smallest absolute Gasteiger partial charge is 0.234 e. The minimum absolute atomic E-state index is 0.0868. The molecule has 6 heteroatoms. The maximum atomic E-state index is 11.8.